The number of nitrogens with one attached hydrogen (secondary N) is 2. The van der Waals surface area contributed by atoms with Crippen molar-refractivity contribution in [1.29, 1.82) is 0 Å². The molecule has 1 aliphatic rings. The minimum absolute atomic E-state index is 0.0131. The third-order valence-electron chi connectivity index (χ3n) is 2.87. The van der Waals surface area contributed by atoms with Gasteiger partial charge in [0.25, 0.3) is 0 Å². The molecule has 0 saturated carbocycles. The normalized spacial score (nSPS) is 19.8. The predicted octanol–water partition coefficient (Wildman–Crippen LogP) is 1.99. The van der Waals surface area contributed by atoms with Crippen LogP contribution in [0.4, 0.5) is 5.69 Å². The number of aryl methyl sites for hydroxylation is 2. The molecule has 0 aromatic heterocycles. The topological polar surface area (TPSA) is 41.1 Å². The second kappa shape index (κ2) is 4.66. The van der Waals surface area contributed by atoms with Crippen LogP contribution in [0.3, 0.4) is 0 Å². The van der Waals surface area contributed by atoms with Gasteiger partial charge in [0.1, 0.15) is 0 Å². The van der Waals surface area contributed by atoms with Gasteiger partial charge in [0.2, 0.25) is 5.91 Å². The molecule has 1 heterocycles. The Morgan fingerprint density at radius 3 is 2.56 bits per heavy atom. The van der Waals surface area contributed by atoms with Gasteiger partial charge in [0.05, 0.1) is 6.04 Å². The number of hydrogen-bond donors (Lipinski definition) is 2. The Morgan fingerprint density at radius 1 is 1.31 bits per heavy atom. The van der Waals surface area contributed by atoms with Crippen LogP contribution in [-0.2, 0) is 4.79 Å². The first-order chi connectivity index (χ1) is 7.65. The quantitative estimate of drug-likeness (QED) is 0.797. The van der Waals surface area contributed by atoms with Crippen LogP contribution >= 0.6 is 0 Å². The van der Waals surface area contributed by atoms with Crippen LogP contribution in [0.1, 0.15) is 24.0 Å². The molecule has 1 amide bonds. The molecule has 16 heavy (non-hydrogen) atoms. The summed E-state index contributed by atoms with van der Waals surface area (Å²) in [7, 11) is 0. The van der Waals surface area contributed by atoms with E-state index in [0.29, 0.717) is 0 Å². The summed E-state index contributed by atoms with van der Waals surface area (Å²) in [6, 6.07) is 6.09. The number of anilines is 1. The molecule has 2 rings (SSSR count). The maximum Gasteiger partial charge on any atom is 0.241 e. The molecule has 2 N–H and O–H groups in total. The lowest BCUT2D eigenvalue weighted by Crippen LogP contribution is -2.35. The SMILES string of the molecule is Cc1cc(C)cc(NC(=O)[C@H]2CCCN2)c1. The van der Waals surface area contributed by atoms with Crippen molar-refractivity contribution in [2.24, 2.45) is 0 Å². The molecule has 0 radical (unpaired) electrons. The van der Waals surface area contributed by atoms with Gasteiger partial charge in [-0.05, 0) is 56.5 Å². The first-order valence-electron chi connectivity index (χ1n) is 5.78. The molecular formula is C13H18N2O. The van der Waals surface area contributed by atoms with Gasteiger partial charge in [-0.25, -0.2) is 0 Å². The number of carbonyl (C=O) groups is 1. The van der Waals surface area contributed by atoms with Crippen molar-refractivity contribution in [3.8, 4) is 0 Å². The van der Waals surface area contributed by atoms with Gasteiger partial charge in [0.15, 0.2) is 0 Å². The molecule has 1 aliphatic heterocycles. The number of hydrogen-bond acceptors (Lipinski definition) is 2. The van der Waals surface area contributed by atoms with Crippen LogP contribution in [0, 0.1) is 13.8 Å². The van der Waals surface area contributed by atoms with Crippen molar-refractivity contribution in [3.05, 3.63) is 29.3 Å². The molecule has 3 heteroatoms. The fraction of sp³-hybridized carbons (Fsp3) is 0.462. The van der Waals surface area contributed by atoms with Gasteiger partial charge < -0.3 is 10.6 Å². The zero-order valence-electron chi connectivity index (χ0n) is 9.84. The van der Waals surface area contributed by atoms with Crippen LogP contribution in [0.15, 0.2) is 18.2 Å². The van der Waals surface area contributed by atoms with Crippen molar-refractivity contribution in [1.82, 2.24) is 5.32 Å². The number of carbonyl (C=O) groups excluding carboxylic acids is 1. The minimum atomic E-state index is -0.0131. The van der Waals surface area contributed by atoms with Crippen molar-refractivity contribution in [3.63, 3.8) is 0 Å². The van der Waals surface area contributed by atoms with Crippen molar-refractivity contribution in [2.75, 3.05) is 11.9 Å². The van der Waals surface area contributed by atoms with E-state index >= 15 is 0 Å². The molecule has 0 unspecified atom stereocenters. The minimum Gasteiger partial charge on any atom is -0.325 e. The molecule has 1 fully saturated rings. The molecule has 1 saturated heterocycles. The molecule has 1 aromatic rings. The predicted molar refractivity (Wildman–Crippen MR) is 65.6 cm³/mol. The zero-order chi connectivity index (χ0) is 11.5. The zero-order valence-corrected chi connectivity index (χ0v) is 9.84. The highest BCUT2D eigenvalue weighted by molar-refractivity contribution is 5.95. The summed E-state index contributed by atoms with van der Waals surface area (Å²) < 4.78 is 0. The summed E-state index contributed by atoms with van der Waals surface area (Å²) in [5.74, 6) is 0.0856. The maximum atomic E-state index is 11.9. The molecule has 0 bridgehead atoms. The van der Waals surface area contributed by atoms with E-state index in [1.165, 1.54) is 11.1 Å². The third kappa shape index (κ3) is 2.61. The highest BCUT2D eigenvalue weighted by atomic mass is 16.2. The Bertz CT molecular complexity index is 375. The van der Waals surface area contributed by atoms with Gasteiger partial charge in [-0.3, -0.25) is 4.79 Å². The molecule has 1 aromatic carbocycles. The second-order valence-electron chi connectivity index (χ2n) is 4.51. The van der Waals surface area contributed by atoms with Gasteiger partial charge >= 0.3 is 0 Å². The van der Waals surface area contributed by atoms with E-state index in [9.17, 15) is 4.79 Å². The molecular weight excluding hydrogens is 200 g/mol. The molecule has 86 valence electrons. The standard InChI is InChI=1S/C13H18N2O/c1-9-6-10(2)8-11(7-9)15-13(16)12-4-3-5-14-12/h6-8,12,14H,3-5H2,1-2H3,(H,15,16)/t12-/m1/s1. The fourth-order valence-corrected chi connectivity index (χ4v) is 2.18. The van der Waals surface area contributed by atoms with E-state index in [4.69, 9.17) is 0 Å². The van der Waals surface area contributed by atoms with Gasteiger partial charge in [-0.15, -0.1) is 0 Å². The van der Waals surface area contributed by atoms with E-state index < -0.39 is 0 Å². The summed E-state index contributed by atoms with van der Waals surface area (Å²) >= 11 is 0. The summed E-state index contributed by atoms with van der Waals surface area (Å²) in [5, 5.41) is 6.16. The Hall–Kier alpha value is -1.35. The Labute approximate surface area is 96.2 Å². The van der Waals surface area contributed by atoms with E-state index in [0.717, 1.165) is 25.1 Å². The average Bonchev–Trinajstić information content (AvgIpc) is 2.68. The van der Waals surface area contributed by atoms with Crippen LogP contribution in [0.25, 0.3) is 0 Å². The first kappa shape index (κ1) is 11.1. The summed E-state index contributed by atoms with van der Waals surface area (Å²) in [5.41, 5.74) is 3.25. The van der Waals surface area contributed by atoms with E-state index in [2.05, 4.69) is 16.7 Å². The highest BCUT2D eigenvalue weighted by Gasteiger charge is 2.21. The Balaban J connectivity index is 2.05. The monoisotopic (exact) mass is 218 g/mol. The molecule has 1 atom stereocenters. The van der Waals surface area contributed by atoms with Gasteiger partial charge in [-0.1, -0.05) is 6.07 Å². The van der Waals surface area contributed by atoms with Crippen molar-refractivity contribution < 1.29 is 4.79 Å². The average molecular weight is 218 g/mol. The maximum absolute atomic E-state index is 11.9. The summed E-state index contributed by atoms with van der Waals surface area (Å²) in [6.45, 7) is 5.03. The van der Waals surface area contributed by atoms with Gasteiger partial charge in [-0.2, -0.15) is 0 Å². The van der Waals surface area contributed by atoms with E-state index in [1.807, 2.05) is 26.0 Å². The summed E-state index contributed by atoms with van der Waals surface area (Å²) in [6.07, 6.45) is 2.03. The first-order valence-corrected chi connectivity index (χ1v) is 5.78. The molecule has 0 aliphatic carbocycles. The fourth-order valence-electron chi connectivity index (χ4n) is 2.18. The third-order valence-corrected chi connectivity index (χ3v) is 2.87. The van der Waals surface area contributed by atoms with Crippen LogP contribution in [-0.4, -0.2) is 18.5 Å². The van der Waals surface area contributed by atoms with Crippen molar-refractivity contribution in [2.45, 2.75) is 32.7 Å². The largest absolute Gasteiger partial charge is 0.325 e. The van der Waals surface area contributed by atoms with Crippen molar-refractivity contribution >= 4 is 11.6 Å². The second-order valence-corrected chi connectivity index (χ2v) is 4.51. The van der Waals surface area contributed by atoms with Gasteiger partial charge in [0, 0.05) is 5.69 Å². The lowest BCUT2D eigenvalue weighted by atomic mass is 10.1. The van der Waals surface area contributed by atoms with E-state index in [-0.39, 0.29) is 11.9 Å². The Morgan fingerprint density at radius 2 is 2.00 bits per heavy atom. The van der Waals surface area contributed by atoms with E-state index in [1.54, 1.807) is 0 Å². The van der Waals surface area contributed by atoms with Crippen LogP contribution < -0.4 is 10.6 Å². The Kier molecular flexibility index (Phi) is 3.25. The number of amides is 1. The highest BCUT2D eigenvalue weighted by Crippen LogP contribution is 2.15. The smallest absolute Gasteiger partial charge is 0.241 e. The number of rotatable bonds is 2. The summed E-state index contributed by atoms with van der Waals surface area (Å²) in [4.78, 5) is 11.9. The van der Waals surface area contributed by atoms with Crippen LogP contribution in [0.2, 0.25) is 0 Å². The van der Waals surface area contributed by atoms with Crippen LogP contribution in [0.5, 0.6) is 0 Å². The molecule has 3 nitrogen and oxygen atoms in total. The lowest BCUT2D eigenvalue weighted by Gasteiger charge is -2.12. The molecule has 0 spiro atoms. The lowest BCUT2D eigenvalue weighted by molar-refractivity contribution is -0.117. The number of benzene rings is 1.